The summed E-state index contributed by atoms with van der Waals surface area (Å²) in [6, 6.07) is 6.88. The molecule has 0 aliphatic heterocycles. The van der Waals surface area contributed by atoms with Gasteiger partial charge < -0.3 is 9.63 Å². The SMILES string of the molecule is CCc1noc(-c2ccccc2O)n1. The van der Waals surface area contributed by atoms with Crippen LogP contribution in [0, 0.1) is 0 Å². The predicted molar refractivity (Wildman–Crippen MR) is 50.8 cm³/mol. The highest BCUT2D eigenvalue weighted by molar-refractivity contribution is 5.61. The Balaban J connectivity index is 2.44. The summed E-state index contributed by atoms with van der Waals surface area (Å²) in [4.78, 5) is 4.12. The largest absolute Gasteiger partial charge is 0.507 e. The van der Waals surface area contributed by atoms with E-state index in [4.69, 9.17) is 4.52 Å². The summed E-state index contributed by atoms with van der Waals surface area (Å²) in [6.07, 6.45) is 0.719. The standard InChI is InChI=1S/C10H10N2O2/c1-2-9-11-10(14-12-9)7-5-3-4-6-8(7)13/h3-6,13H,2H2,1H3. The van der Waals surface area contributed by atoms with E-state index in [9.17, 15) is 5.11 Å². The normalized spacial score (nSPS) is 10.4. The van der Waals surface area contributed by atoms with Gasteiger partial charge in [0.25, 0.3) is 5.89 Å². The first-order valence-electron chi connectivity index (χ1n) is 4.42. The van der Waals surface area contributed by atoms with Crippen molar-refractivity contribution in [2.45, 2.75) is 13.3 Å². The van der Waals surface area contributed by atoms with Gasteiger partial charge in [-0.1, -0.05) is 24.2 Å². The summed E-state index contributed by atoms with van der Waals surface area (Å²) in [5.41, 5.74) is 0.569. The van der Waals surface area contributed by atoms with E-state index >= 15 is 0 Å². The van der Waals surface area contributed by atoms with Gasteiger partial charge in [-0.15, -0.1) is 0 Å². The monoisotopic (exact) mass is 190 g/mol. The van der Waals surface area contributed by atoms with E-state index in [0.29, 0.717) is 17.3 Å². The van der Waals surface area contributed by atoms with Gasteiger partial charge in [0.05, 0.1) is 5.56 Å². The molecule has 1 N–H and O–H groups in total. The number of para-hydroxylation sites is 1. The fourth-order valence-electron chi connectivity index (χ4n) is 1.16. The summed E-state index contributed by atoms with van der Waals surface area (Å²) in [6.45, 7) is 1.94. The molecule has 2 aromatic rings. The van der Waals surface area contributed by atoms with E-state index in [0.717, 1.165) is 6.42 Å². The molecule has 0 aliphatic carbocycles. The lowest BCUT2D eigenvalue weighted by molar-refractivity contribution is 0.418. The second kappa shape index (κ2) is 3.49. The van der Waals surface area contributed by atoms with Crippen molar-refractivity contribution >= 4 is 0 Å². The lowest BCUT2D eigenvalue weighted by Crippen LogP contribution is -1.82. The number of rotatable bonds is 2. The van der Waals surface area contributed by atoms with E-state index in [1.165, 1.54) is 0 Å². The molecule has 2 rings (SSSR count). The molecule has 0 spiro atoms. The number of hydrogen-bond donors (Lipinski definition) is 1. The number of phenolic OH excluding ortho intramolecular Hbond substituents is 1. The van der Waals surface area contributed by atoms with Crippen molar-refractivity contribution in [3.63, 3.8) is 0 Å². The van der Waals surface area contributed by atoms with Crippen LogP contribution >= 0.6 is 0 Å². The van der Waals surface area contributed by atoms with Crippen LogP contribution in [0.3, 0.4) is 0 Å². The van der Waals surface area contributed by atoms with Crippen molar-refractivity contribution in [1.82, 2.24) is 10.1 Å². The average Bonchev–Trinajstić information content (AvgIpc) is 2.67. The van der Waals surface area contributed by atoms with Gasteiger partial charge in [0.2, 0.25) is 0 Å². The highest BCUT2D eigenvalue weighted by atomic mass is 16.5. The highest BCUT2D eigenvalue weighted by Gasteiger charge is 2.10. The predicted octanol–water partition coefficient (Wildman–Crippen LogP) is 2.00. The Kier molecular flexibility index (Phi) is 2.18. The Hall–Kier alpha value is -1.84. The minimum atomic E-state index is 0.152. The maximum Gasteiger partial charge on any atom is 0.261 e. The molecule has 1 aromatic carbocycles. The molecular formula is C10H10N2O2. The van der Waals surface area contributed by atoms with E-state index in [1.807, 2.05) is 13.0 Å². The van der Waals surface area contributed by atoms with Crippen LogP contribution in [0.15, 0.2) is 28.8 Å². The van der Waals surface area contributed by atoms with Crippen LogP contribution in [0.4, 0.5) is 0 Å². The van der Waals surface area contributed by atoms with Crippen LogP contribution in [0.1, 0.15) is 12.7 Å². The first-order chi connectivity index (χ1) is 6.81. The van der Waals surface area contributed by atoms with Gasteiger partial charge in [0, 0.05) is 6.42 Å². The second-order valence-electron chi connectivity index (χ2n) is 2.89. The maximum absolute atomic E-state index is 9.52. The van der Waals surface area contributed by atoms with Crippen molar-refractivity contribution in [2.24, 2.45) is 0 Å². The van der Waals surface area contributed by atoms with E-state index in [2.05, 4.69) is 10.1 Å². The lowest BCUT2D eigenvalue weighted by atomic mass is 10.2. The molecule has 0 unspecified atom stereocenters. The van der Waals surface area contributed by atoms with Crippen molar-refractivity contribution < 1.29 is 9.63 Å². The molecule has 1 heterocycles. The Bertz CT molecular complexity index is 437. The third-order valence-corrected chi connectivity index (χ3v) is 1.92. The zero-order chi connectivity index (χ0) is 9.97. The van der Waals surface area contributed by atoms with Gasteiger partial charge in [0.1, 0.15) is 5.75 Å². The number of aryl methyl sites for hydroxylation is 1. The Morgan fingerprint density at radius 1 is 1.36 bits per heavy atom. The summed E-state index contributed by atoms with van der Waals surface area (Å²) in [5, 5.41) is 13.3. The smallest absolute Gasteiger partial charge is 0.261 e. The summed E-state index contributed by atoms with van der Waals surface area (Å²) < 4.78 is 5.00. The molecule has 4 nitrogen and oxygen atoms in total. The minimum absolute atomic E-state index is 0.152. The van der Waals surface area contributed by atoms with Crippen LogP contribution in [0.2, 0.25) is 0 Å². The summed E-state index contributed by atoms with van der Waals surface area (Å²) in [5.74, 6) is 1.15. The zero-order valence-electron chi connectivity index (χ0n) is 7.77. The summed E-state index contributed by atoms with van der Waals surface area (Å²) in [7, 11) is 0. The number of aromatic nitrogens is 2. The molecule has 0 saturated heterocycles. The average molecular weight is 190 g/mol. The number of phenols is 1. The second-order valence-corrected chi connectivity index (χ2v) is 2.89. The number of aromatic hydroxyl groups is 1. The number of nitrogens with zero attached hydrogens (tertiary/aromatic N) is 2. The van der Waals surface area contributed by atoms with E-state index in [1.54, 1.807) is 18.2 Å². The molecule has 0 bridgehead atoms. The van der Waals surface area contributed by atoms with E-state index < -0.39 is 0 Å². The third-order valence-electron chi connectivity index (χ3n) is 1.92. The Morgan fingerprint density at radius 3 is 2.79 bits per heavy atom. The molecule has 14 heavy (non-hydrogen) atoms. The van der Waals surface area contributed by atoms with E-state index in [-0.39, 0.29) is 5.75 Å². The molecule has 0 saturated carbocycles. The van der Waals surface area contributed by atoms with Crippen molar-refractivity contribution in [2.75, 3.05) is 0 Å². The van der Waals surface area contributed by atoms with Gasteiger partial charge in [-0.3, -0.25) is 0 Å². The number of hydrogen-bond acceptors (Lipinski definition) is 4. The highest BCUT2D eigenvalue weighted by Crippen LogP contribution is 2.26. The van der Waals surface area contributed by atoms with Crippen LogP contribution in [-0.4, -0.2) is 15.2 Å². The quantitative estimate of drug-likeness (QED) is 0.786. The molecule has 0 atom stereocenters. The molecule has 1 aromatic heterocycles. The van der Waals surface area contributed by atoms with Gasteiger partial charge in [-0.2, -0.15) is 4.98 Å². The molecule has 0 radical (unpaired) electrons. The van der Waals surface area contributed by atoms with Crippen molar-refractivity contribution in [3.05, 3.63) is 30.1 Å². The van der Waals surface area contributed by atoms with Crippen molar-refractivity contribution in [3.8, 4) is 17.2 Å². The number of benzene rings is 1. The fourth-order valence-corrected chi connectivity index (χ4v) is 1.16. The first kappa shape index (κ1) is 8.74. The van der Waals surface area contributed by atoms with Crippen LogP contribution in [0.5, 0.6) is 5.75 Å². The topological polar surface area (TPSA) is 59.2 Å². The lowest BCUT2D eigenvalue weighted by Gasteiger charge is -1.96. The molecule has 0 aliphatic rings. The van der Waals surface area contributed by atoms with Gasteiger partial charge in [0.15, 0.2) is 5.82 Å². The zero-order valence-corrected chi connectivity index (χ0v) is 7.77. The molecule has 4 heteroatoms. The van der Waals surface area contributed by atoms with Gasteiger partial charge in [-0.25, -0.2) is 0 Å². The van der Waals surface area contributed by atoms with Crippen LogP contribution in [-0.2, 0) is 6.42 Å². The van der Waals surface area contributed by atoms with Gasteiger partial charge in [-0.05, 0) is 12.1 Å². The molecule has 0 amide bonds. The minimum Gasteiger partial charge on any atom is -0.507 e. The Morgan fingerprint density at radius 2 is 2.14 bits per heavy atom. The van der Waals surface area contributed by atoms with Crippen LogP contribution < -0.4 is 0 Å². The molecule has 72 valence electrons. The van der Waals surface area contributed by atoms with Crippen LogP contribution in [0.25, 0.3) is 11.5 Å². The third kappa shape index (κ3) is 1.46. The Labute approximate surface area is 81.2 Å². The van der Waals surface area contributed by atoms with Crippen molar-refractivity contribution in [1.29, 1.82) is 0 Å². The summed E-state index contributed by atoms with van der Waals surface area (Å²) >= 11 is 0. The maximum atomic E-state index is 9.52. The fraction of sp³-hybridized carbons (Fsp3) is 0.200. The molecule has 0 fully saturated rings. The first-order valence-corrected chi connectivity index (χ1v) is 4.42. The molecular weight excluding hydrogens is 180 g/mol. The van der Waals surface area contributed by atoms with Gasteiger partial charge >= 0.3 is 0 Å².